The van der Waals surface area contributed by atoms with E-state index in [-0.39, 0.29) is 18.7 Å². The van der Waals surface area contributed by atoms with Gasteiger partial charge in [-0.05, 0) is 34.0 Å². The zero-order valence-corrected chi connectivity index (χ0v) is 16.2. The SMILES string of the molecule is O=C1CCC(N2C(=O)c3ccc(CN4CCNCC4)c(Br)c3C2=O)C(=O)N1. The van der Waals surface area contributed by atoms with Gasteiger partial charge in [0, 0.05) is 43.6 Å². The summed E-state index contributed by atoms with van der Waals surface area (Å²) in [7, 11) is 0. The third-order valence-electron chi connectivity index (χ3n) is 5.23. The van der Waals surface area contributed by atoms with Crippen molar-refractivity contribution in [2.24, 2.45) is 0 Å². The van der Waals surface area contributed by atoms with Crippen molar-refractivity contribution in [3.63, 3.8) is 0 Å². The predicted molar refractivity (Wildman–Crippen MR) is 99.0 cm³/mol. The molecule has 0 aliphatic carbocycles. The smallest absolute Gasteiger partial charge is 0.263 e. The largest absolute Gasteiger partial charge is 0.314 e. The molecule has 9 heteroatoms. The Morgan fingerprint density at radius 3 is 2.52 bits per heavy atom. The fraction of sp³-hybridized carbons (Fsp3) is 0.444. The summed E-state index contributed by atoms with van der Waals surface area (Å²) in [6.07, 6.45) is 0.265. The van der Waals surface area contributed by atoms with Gasteiger partial charge in [-0.15, -0.1) is 0 Å². The van der Waals surface area contributed by atoms with Gasteiger partial charge in [0.05, 0.1) is 11.1 Å². The van der Waals surface area contributed by atoms with E-state index in [0.29, 0.717) is 22.1 Å². The van der Waals surface area contributed by atoms with Gasteiger partial charge in [0.1, 0.15) is 6.04 Å². The summed E-state index contributed by atoms with van der Waals surface area (Å²) in [6, 6.07) is 2.56. The molecule has 142 valence electrons. The maximum Gasteiger partial charge on any atom is 0.263 e. The minimum absolute atomic E-state index is 0.110. The van der Waals surface area contributed by atoms with Crippen LogP contribution in [0.25, 0.3) is 0 Å². The molecule has 3 aliphatic rings. The van der Waals surface area contributed by atoms with E-state index < -0.39 is 23.8 Å². The number of nitrogens with one attached hydrogen (secondary N) is 2. The molecule has 3 aliphatic heterocycles. The fourth-order valence-electron chi connectivity index (χ4n) is 3.79. The van der Waals surface area contributed by atoms with Gasteiger partial charge in [0.15, 0.2) is 0 Å². The van der Waals surface area contributed by atoms with Gasteiger partial charge >= 0.3 is 0 Å². The molecule has 3 heterocycles. The fourth-order valence-corrected chi connectivity index (χ4v) is 4.43. The van der Waals surface area contributed by atoms with Crippen LogP contribution in [0.4, 0.5) is 0 Å². The third-order valence-corrected chi connectivity index (χ3v) is 6.13. The van der Waals surface area contributed by atoms with Crippen molar-refractivity contribution in [3.05, 3.63) is 33.3 Å². The van der Waals surface area contributed by atoms with Crippen molar-refractivity contribution >= 4 is 39.6 Å². The second-order valence-electron chi connectivity index (χ2n) is 6.93. The molecule has 0 spiro atoms. The lowest BCUT2D eigenvalue weighted by atomic mass is 10.0. The van der Waals surface area contributed by atoms with Crippen LogP contribution in [0, 0.1) is 0 Å². The number of fused-ring (bicyclic) bond motifs is 1. The number of carbonyl (C=O) groups excluding carboxylic acids is 4. The highest BCUT2D eigenvalue weighted by molar-refractivity contribution is 9.10. The Labute approximate surface area is 164 Å². The van der Waals surface area contributed by atoms with Gasteiger partial charge in [-0.1, -0.05) is 6.07 Å². The van der Waals surface area contributed by atoms with Crippen molar-refractivity contribution in [1.29, 1.82) is 0 Å². The van der Waals surface area contributed by atoms with Crippen LogP contribution >= 0.6 is 15.9 Å². The first kappa shape index (κ1) is 18.3. The average molecular weight is 435 g/mol. The molecular formula is C18H19BrN4O4. The minimum atomic E-state index is -0.946. The number of imide groups is 2. The molecule has 2 saturated heterocycles. The first-order valence-electron chi connectivity index (χ1n) is 8.93. The lowest BCUT2D eigenvalue weighted by molar-refractivity contribution is -0.136. The Kier molecular flexibility index (Phi) is 4.83. The van der Waals surface area contributed by atoms with E-state index in [0.717, 1.165) is 36.6 Å². The molecule has 4 amide bonds. The number of piperidine rings is 1. The summed E-state index contributed by atoms with van der Waals surface area (Å²) in [5.74, 6) is -1.96. The second-order valence-corrected chi connectivity index (χ2v) is 7.73. The number of amides is 4. The number of hydrogen-bond donors (Lipinski definition) is 2. The lowest BCUT2D eigenvalue weighted by Crippen LogP contribution is -2.54. The van der Waals surface area contributed by atoms with E-state index in [9.17, 15) is 19.2 Å². The molecule has 0 bridgehead atoms. The van der Waals surface area contributed by atoms with Crippen molar-refractivity contribution in [2.45, 2.75) is 25.4 Å². The standard InChI is InChI=1S/C18H19BrN4O4/c19-15-10(9-22-7-5-20-6-8-22)1-2-11-14(15)18(27)23(17(11)26)12-3-4-13(24)21-16(12)25/h1-2,12,20H,3-9H2,(H,21,24,25). The van der Waals surface area contributed by atoms with Gasteiger partial charge in [0.2, 0.25) is 11.8 Å². The van der Waals surface area contributed by atoms with E-state index in [2.05, 4.69) is 31.5 Å². The number of piperazine rings is 1. The van der Waals surface area contributed by atoms with Crippen LogP contribution in [0.2, 0.25) is 0 Å². The van der Waals surface area contributed by atoms with E-state index in [1.807, 2.05) is 6.07 Å². The van der Waals surface area contributed by atoms with E-state index in [1.165, 1.54) is 0 Å². The number of hydrogen-bond acceptors (Lipinski definition) is 6. The molecule has 0 saturated carbocycles. The third kappa shape index (κ3) is 3.19. The Balaban J connectivity index is 1.62. The highest BCUT2D eigenvalue weighted by atomic mass is 79.9. The van der Waals surface area contributed by atoms with Crippen molar-refractivity contribution in [1.82, 2.24) is 20.4 Å². The normalized spacial score (nSPS) is 23.6. The van der Waals surface area contributed by atoms with Crippen LogP contribution in [-0.4, -0.2) is 65.6 Å². The number of halogens is 1. The Morgan fingerprint density at radius 1 is 1.07 bits per heavy atom. The minimum Gasteiger partial charge on any atom is -0.314 e. The number of nitrogens with zero attached hydrogens (tertiary/aromatic N) is 2. The zero-order chi connectivity index (χ0) is 19.1. The monoisotopic (exact) mass is 434 g/mol. The molecule has 1 aromatic rings. The predicted octanol–water partition coefficient (Wildman–Crippen LogP) is 0.255. The van der Waals surface area contributed by atoms with E-state index >= 15 is 0 Å². The number of carbonyl (C=O) groups is 4. The van der Waals surface area contributed by atoms with Crippen molar-refractivity contribution in [2.75, 3.05) is 26.2 Å². The topological polar surface area (TPSA) is 98.8 Å². The molecule has 0 aromatic heterocycles. The molecule has 2 N–H and O–H groups in total. The quantitative estimate of drug-likeness (QED) is 0.661. The summed E-state index contributed by atoms with van der Waals surface area (Å²) in [5, 5.41) is 5.50. The molecule has 27 heavy (non-hydrogen) atoms. The maximum atomic E-state index is 13.0. The van der Waals surface area contributed by atoms with Gasteiger partial charge < -0.3 is 5.32 Å². The zero-order valence-electron chi connectivity index (χ0n) is 14.6. The molecule has 4 rings (SSSR count). The van der Waals surface area contributed by atoms with Crippen LogP contribution < -0.4 is 10.6 Å². The summed E-state index contributed by atoms with van der Waals surface area (Å²) in [5.41, 5.74) is 1.53. The average Bonchev–Trinajstić information content (AvgIpc) is 2.90. The Hall–Kier alpha value is -2.10. The molecule has 2 fully saturated rings. The summed E-state index contributed by atoms with van der Waals surface area (Å²) in [4.78, 5) is 52.6. The summed E-state index contributed by atoms with van der Waals surface area (Å²) < 4.78 is 0.603. The van der Waals surface area contributed by atoms with Gasteiger partial charge in [-0.2, -0.15) is 0 Å². The van der Waals surface area contributed by atoms with Gasteiger partial charge in [-0.3, -0.25) is 34.3 Å². The van der Waals surface area contributed by atoms with Crippen molar-refractivity contribution in [3.8, 4) is 0 Å². The first-order chi connectivity index (χ1) is 13.0. The number of rotatable bonds is 3. The first-order valence-corrected chi connectivity index (χ1v) is 9.72. The Morgan fingerprint density at radius 2 is 1.81 bits per heavy atom. The van der Waals surface area contributed by atoms with E-state index in [1.54, 1.807) is 6.07 Å². The van der Waals surface area contributed by atoms with Gasteiger partial charge in [0.25, 0.3) is 11.8 Å². The Bertz CT molecular complexity index is 850. The van der Waals surface area contributed by atoms with Gasteiger partial charge in [-0.25, -0.2) is 0 Å². The van der Waals surface area contributed by atoms with Crippen LogP contribution in [0.15, 0.2) is 16.6 Å². The molecular weight excluding hydrogens is 416 g/mol. The summed E-state index contributed by atoms with van der Waals surface area (Å²) >= 11 is 3.51. The van der Waals surface area contributed by atoms with Crippen molar-refractivity contribution < 1.29 is 19.2 Å². The highest BCUT2D eigenvalue weighted by Gasteiger charge is 2.45. The molecule has 0 radical (unpaired) electrons. The highest BCUT2D eigenvalue weighted by Crippen LogP contribution is 2.35. The van der Waals surface area contributed by atoms with Crippen LogP contribution in [0.1, 0.15) is 39.1 Å². The number of benzene rings is 1. The molecule has 1 aromatic carbocycles. The van der Waals surface area contributed by atoms with Crippen LogP contribution in [-0.2, 0) is 16.1 Å². The lowest BCUT2D eigenvalue weighted by Gasteiger charge is -2.28. The molecule has 1 unspecified atom stereocenters. The maximum absolute atomic E-state index is 13.0. The molecule has 8 nitrogen and oxygen atoms in total. The van der Waals surface area contributed by atoms with Crippen LogP contribution in [0.5, 0.6) is 0 Å². The van der Waals surface area contributed by atoms with Crippen LogP contribution in [0.3, 0.4) is 0 Å². The summed E-state index contributed by atoms with van der Waals surface area (Å²) in [6.45, 7) is 4.35. The van der Waals surface area contributed by atoms with E-state index in [4.69, 9.17) is 0 Å². The second kappa shape index (κ2) is 7.14. The molecule has 1 atom stereocenters.